The second-order valence-corrected chi connectivity index (χ2v) is 3.07. The van der Waals surface area contributed by atoms with Crippen LogP contribution in [0.5, 0.6) is 0 Å². The predicted molar refractivity (Wildman–Crippen MR) is 53.7 cm³/mol. The van der Waals surface area contributed by atoms with E-state index in [1.807, 2.05) is 0 Å². The van der Waals surface area contributed by atoms with E-state index in [4.69, 9.17) is 10.9 Å². The van der Waals surface area contributed by atoms with Crippen LogP contribution >= 0.6 is 0 Å². The first-order valence-electron chi connectivity index (χ1n) is 4.30. The van der Waals surface area contributed by atoms with Crippen LogP contribution in [0.4, 0.5) is 0 Å². The highest BCUT2D eigenvalue weighted by atomic mass is 16.4. The SMILES string of the molecule is Cc1cc(C(=O)NCC(N)=NO)n(C)n1. The summed E-state index contributed by atoms with van der Waals surface area (Å²) in [5.74, 6) is -0.369. The molecule has 0 fully saturated rings. The third-order valence-electron chi connectivity index (χ3n) is 1.79. The largest absolute Gasteiger partial charge is 0.409 e. The van der Waals surface area contributed by atoms with E-state index >= 15 is 0 Å². The van der Waals surface area contributed by atoms with Gasteiger partial charge in [-0.3, -0.25) is 9.48 Å². The maximum absolute atomic E-state index is 11.5. The van der Waals surface area contributed by atoms with Crippen molar-refractivity contribution in [1.29, 1.82) is 0 Å². The molecule has 7 nitrogen and oxygen atoms in total. The van der Waals surface area contributed by atoms with Crippen molar-refractivity contribution in [3.8, 4) is 0 Å². The molecule has 0 aromatic carbocycles. The Kier molecular flexibility index (Phi) is 3.27. The number of aryl methyl sites for hydroxylation is 2. The minimum Gasteiger partial charge on any atom is -0.409 e. The molecule has 0 bridgehead atoms. The lowest BCUT2D eigenvalue weighted by Crippen LogP contribution is -2.34. The van der Waals surface area contributed by atoms with Crippen molar-refractivity contribution >= 4 is 11.7 Å². The van der Waals surface area contributed by atoms with Gasteiger partial charge in [-0.05, 0) is 13.0 Å². The Balaban J connectivity index is 2.66. The standard InChI is InChI=1S/C8H13N5O2/c1-5-3-6(13(2)11-5)8(14)10-4-7(9)12-15/h3,15H,4H2,1-2H3,(H2,9,12)(H,10,14). The normalized spacial score (nSPS) is 11.5. The van der Waals surface area contributed by atoms with E-state index in [-0.39, 0.29) is 18.3 Å². The van der Waals surface area contributed by atoms with Crippen molar-refractivity contribution in [3.05, 3.63) is 17.5 Å². The van der Waals surface area contributed by atoms with Crippen LogP contribution in [0.2, 0.25) is 0 Å². The van der Waals surface area contributed by atoms with Crippen molar-refractivity contribution in [3.63, 3.8) is 0 Å². The second-order valence-electron chi connectivity index (χ2n) is 3.07. The number of nitrogens with zero attached hydrogens (tertiary/aromatic N) is 3. The Morgan fingerprint density at radius 1 is 1.80 bits per heavy atom. The number of aromatic nitrogens is 2. The molecule has 0 saturated carbocycles. The van der Waals surface area contributed by atoms with Crippen LogP contribution in [0, 0.1) is 6.92 Å². The molecule has 1 amide bonds. The zero-order valence-electron chi connectivity index (χ0n) is 8.56. The topological polar surface area (TPSA) is 106 Å². The van der Waals surface area contributed by atoms with Gasteiger partial charge in [0.2, 0.25) is 0 Å². The summed E-state index contributed by atoms with van der Waals surface area (Å²) in [6.45, 7) is 1.79. The molecule has 1 heterocycles. The Morgan fingerprint density at radius 3 is 2.93 bits per heavy atom. The van der Waals surface area contributed by atoms with Gasteiger partial charge in [-0.2, -0.15) is 5.10 Å². The second kappa shape index (κ2) is 4.45. The van der Waals surface area contributed by atoms with Gasteiger partial charge >= 0.3 is 0 Å². The van der Waals surface area contributed by atoms with Gasteiger partial charge in [0.05, 0.1) is 12.2 Å². The summed E-state index contributed by atoms with van der Waals surface area (Å²) in [6.07, 6.45) is 0. The lowest BCUT2D eigenvalue weighted by atomic mass is 10.3. The van der Waals surface area contributed by atoms with Gasteiger partial charge in [-0.1, -0.05) is 5.16 Å². The summed E-state index contributed by atoms with van der Waals surface area (Å²) in [5, 5.41) is 17.5. The van der Waals surface area contributed by atoms with E-state index in [9.17, 15) is 4.79 Å². The quantitative estimate of drug-likeness (QED) is 0.263. The van der Waals surface area contributed by atoms with E-state index in [0.717, 1.165) is 5.69 Å². The maximum Gasteiger partial charge on any atom is 0.269 e. The number of hydrogen-bond acceptors (Lipinski definition) is 4. The average molecular weight is 211 g/mol. The van der Waals surface area contributed by atoms with Crippen LogP contribution in [-0.2, 0) is 7.05 Å². The van der Waals surface area contributed by atoms with E-state index in [0.29, 0.717) is 5.69 Å². The fourth-order valence-electron chi connectivity index (χ4n) is 1.12. The van der Waals surface area contributed by atoms with Crippen LogP contribution in [-0.4, -0.2) is 33.3 Å². The van der Waals surface area contributed by atoms with Crippen LogP contribution < -0.4 is 11.1 Å². The molecule has 0 spiro atoms. The summed E-state index contributed by atoms with van der Waals surface area (Å²) in [7, 11) is 1.67. The number of oxime groups is 1. The van der Waals surface area contributed by atoms with Crippen molar-refractivity contribution in [2.24, 2.45) is 17.9 Å². The number of rotatable bonds is 3. The van der Waals surface area contributed by atoms with Crippen molar-refractivity contribution < 1.29 is 10.0 Å². The molecular weight excluding hydrogens is 198 g/mol. The molecule has 0 atom stereocenters. The number of carbonyl (C=O) groups is 1. The molecule has 82 valence electrons. The van der Waals surface area contributed by atoms with Crippen molar-refractivity contribution in [2.45, 2.75) is 6.92 Å². The number of hydrogen-bond donors (Lipinski definition) is 3. The fraction of sp³-hybridized carbons (Fsp3) is 0.375. The first-order valence-corrected chi connectivity index (χ1v) is 4.30. The molecule has 0 saturated heterocycles. The van der Waals surface area contributed by atoms with E-state index in [2.05, 4.69) is 15.6 Å². The Morgan fingerprint density at radius 2 is 2.47 bits per heavy atom. The first-order chi connectivity index (χ1) is 7.04. The Bertz CT molecular complexity index is 396. The molecule has 4 N–H and O–H groups in total. The lowest BCUT2D eigenvalue weighted by Gasteiger charge is -2.03. The molecule has 15 heavy (non-hydrogen) atoms. The zero-order valence-corrected chi connectivity index (χ0v) is 8.56. The summed E-state index contributed by atoms with van der Waals surface area (Å²) >= 11 is 0. The van der Waals surface area contributed by atoms with Crippen LogP contribution in [0.25, 0.3) is 0 Å². The molecule has 1 aromatic rings. The molecule has 7 heteroatoms. The monoisotopic (exact) mass is 211 g/mol. The molecule has 0 aliphatic heterocycles. The minimum atomic E-state index is -0.315. The molecule has 0 aliphatic carbocycles. The highest BCUT2D eigenvalue weighted by Crippen LogP contribution is 2.00. The fourth-order valence-corrected chi connectivity index (χ4v) is 1.12. The molecular formula is C8H13N5O2. The third kappa shape index (κ3) is 2.70. The summed E-state index contributed by atoms with van der Waals surface area (Å²) < 4.78 is 1.47. The van der Waals surface area contributed by atoms with Gasteiger partial charge in [0.1, 0.15) is 5.69 Å². The number of nitrogens with one attached hydrogen (secondary N) is 1. The van der Waals surface area contributed by atoms with E-state index < -0.39 is 0 Å². The third-order valence-corrected chi connectivity index (χ3v) is 1.79. The maximum atomic E-state index is 11.5. The van der Waals surface area contributed by atoms with Crippen LogP contribution in [0.3, 0.4) is 0 Å². The summed E-state index contributed by atoms with van der Waals surface area (Å²) in [5.41, 5.74) is 6.39. The van der Waals surface area contributed by atoms with Gasteiger partial charge < -0.3 is 16.3 Å². The van der Waals surface area contributed by atoms with Gasteiger partial charge in [0.15, 0.2) is 5.84 Å². The molecule has 0 aliphatic rings. The minimum absolute atomic E-state index is 0.000436. The van der Waals surface area contributed by atoms with Gasteiger partial charge in [-0.15, -0.1) is 0 Å². The van der Waals surface area contributed by atoms with Gasteiger partial charge in [0, 0.05) is 7.05 Å². The molecule has 1 aromatic heterocycles. The highest BCUT2D eigenvalue weighted by Gasteiger charge is 2.11. The van der Waals surface area contributed by atoms with E-state index in [1.54, 1.807) is 20.0 Å². The number of amidine groups is 1. The van der Waals surface area contributed by atoms with E-state index in [1.165, 1.54) is 4.68 Å². The predicted octanol–water partition coefficient (Wildman–Crippen LogP) is -0.795. The van der Waals surface area contributed by atoms with Crippen molar-refractivity contribution in [1.82, 2.24) is 15.1 Å². The Hall–Kier alpha value is -2.05. The number of nitrogens with two attached hydrogens (primary N) is 1. The zero-order chi connectivity index (χ0) is 11.4. The average Bonchev–Trinajstić information content (AvgIpc) is 2.53. The summed E-state index contributed by atoms with van der Waals surface area (Å²) in [6, 6.07) is 1.65. The molecule has 0 unspecified atom stereocenters. The van der Waals surface area contributed by atoms with Gasteiger partial charge in [0.25, 0.3) is 5.91 Å². The number of amides is 1. The van der Waals surface area contributed by atoms with Crippen molar-refractivity contribution in [2.75, 3.05) is 6.54 Å². The lowest BCUT2D eigenvalue weighted by molar-refractivity contribution is 0.0949. The molecule has 1 rings (SSSR count). The first kappa shape index (κ1) is 11.0. The smallest absolute Gasteiger partial charge is 0.269 e. The number of carbonyl (C=O) groups excluding carboxylic acids is 1. The van der Waals surface area contributed by atoms with Crippen LogP contribution in [0.1, 0.15) is 16.2 Å². The van der Waals surface area contributed by atoms with Crippen LogP contribution in [0.15, 0.2) is 11.2 Å². The van der Waals surface area contributed by atoms with Gasteiger partial charge in [-0.25, -0.2) is 0 Å². The Labute approximate surface area is 86.6 Å². The highest BCUT2D eigenvalue weighted by molar-refractivity contribution is 5.95. The molecule has 0 radical (unpaired) electrons. The summed E-state index contributed by atoms with van der Waals surface area (Å²) in [4.78, 5) is 11.5.